The number of fused-ring (bicyclic) bond motifs is 1. The number of carbonyl (C=O) groups excluding carboxylic acids is 1. The van der Waals surface area contributed by atoms with Gasteiger partial charge >= 0.3 is 0 Å². The molecule has 1 amide bonds. The third-order valence-electron chi connectivity index (χ3n) is 6.51. The number of rotatable bonds is 3. The minimum absolute atomic E-state index is 0.00348. The van der Waals surface area contributed by atoms with Gasteiger partial charge in [-0.1, -0.05) is 53.5 Å². The number of halogens is 2. The Bertz CT molecular complexity index is 1490. The van der Waals surface area contributed by atoms with Crippen LogP contribution in [-0.4, -0.2) is 49.8 Å². The molecule has 4 aromatic rings. The second-order valence-electron chi connectivity index (χ2n) is 9.66. The highest BCUT2D eigenvalue weighted by Gasteiger charge is 2.57. The molecule has 2 N–H and O–H groups in total. The SMILES string of the molecule is Cc1nc(N2CC3(C2)NC(C)(C)NC3=O)nc2c(-c3ccc(Cl)cc3)c(-c3ccccc3Cl)nn12. The van der Waals surface area contributed by atoms with E-state index in [1.165, 1.54) is 0 Å². The summed E-state index contributed by atoms with van der Waals surface area (Å²) in [5.41, 5.74) is 2.87. The molecule has 0 saturated carbocycles. The van der Waals surface area contributed by atoms with E-state index in [9.17, 15) is 4.79 Å². The van der Waals surface area contributed by atoms with Gasteiger partial charge in [-0.2, -0.15) is 19.6 Å². The summed E-state index contributed by atoms with van der Waals surface area (Å²) in [6, 6.07) is 15.2. The summed E-state index contributed by atoms with van der Waals surface area (Å²) in [6.45, 7) is 6.78. The van der Waals surface area contributed by atoms with Gasteiger partial charge in [0, 0.05) is 23.7 Å². The highest BCUT2D eigenvalue weighted by Crippen LogP contribution is 2.39. The molecular weight excluding hydrogens is 485 g/mol. The highest BCUT2D eigenvalue weighted by atomic mass is 35.5. The zero-order valence-corrected chi connectivity index (χ0v) is 20.9. The van der Waals surface area contributed by atoms with Crippen molar-refractivity contribution < 1.29 is 4.79 Å². The molecule has 1 spiro atoms. The van der Waals surface area contributed by atoms with Gasteiger partial charge in [-0.25, -0.2) is 0 Å². The number of benzene rings is 2. The Morgan fingerprint density at radius 1 is 1.00 bits per heavy atom. The molecule has 0 unspecified atom stereocenters. The summed E-state index contributed by atoms with van der Waals surface area (Å²) in [4.78, 5) is 24.3. The van der Waals surface area contributed by atoms with Gasteiger partial charge in [0.2, 0.25) is 11.9 Å². The minimum Gasteiger partial charge on any atom is -0.337 e. The summed E-state index contributed by atoms with van der Waals surface area (Å²) in [5, 5.41) is 12.5. The van der Waals surface area contributed by atoms with Crippen LogP contribution in [0.1, 0.15) is 19.7 Å². The van der Waals surface area contributed by atoms with Crippen molar-refractivity contribution >= 4 is 40.7 Å². The van der Waals surface area contributed by atoms with E-state index >= 15 is 0 Å². The fraction of sp³-hybridized carbons (Fsp3) is 0.280. The van der Waals surface area contributed by atoms with Crippen molar-refractivity contribution in [3.05, 3.63) is 64.4 Å². The lowest BCUT2D eigenvalue weighted by Gasteiger charge is -2.46. The van der Waals surface area contributed by atoms with E-state index in [0.29, 0.717) is 46.2 Å². The normalized spacial score (nSPS) is 18.2. The van der Waals surface area contributed by atoms with Crippen molar-refractivity contribution in [2.24, 2.45) is 0 Å². The summed E-state index contributed by atoms with van der Waals surface area (Å²) < 4.78 is 1.74. The largest absolute Gasteiger partial charge is 0.337 e. The van der Waals surface area contributed by atoms with Crippen LogP contribution in [-0.2, 0) is 4.79 Å². The van der Waals surface area contributed by atoms with Gasteiger partial charge in [-0.15, -0.1) is 0 Å². The smallest absolute Gasteiger partial charge is 0.245 e. The van der Waals surface area contributed by atoms with E-state index in [4.69, 9.17) is 38.3 Å². The van der Waals surface area contributed by atoms with Crippen LogP contribution >= 0.6 is 23.2 Å². The third kappa shape index (κ3) is 3.55. The molecule has 2 saturated heterocycles. The Morgan fingerprint density at radius 2 is 1.71 bits per heavy atom. The Morgan fingerprint density at radius 3 is 2.37 bits per heavy atom. The Labute approximate surface area is 212 Å². The van der Waals surface area contributed by atoms with E-state index in [1.54, 1.807) is 4.52 Å². The fourth-order valence-electron chi connectivity index (χ4n) is 4.97. The van der Waals surface area contributed by atoms with Crippen LogP contribution in [0.15, 0.2) is 48.5 Å². The van der Waals surface area contributed by atoms with Gasteiger partial charge < -0.3 is 10.2 Å². The first-order chi connectivity index (χ1) is 16.7. The van der Waals surface area contributed by atoms with Gasteiger partial charge in [0.05, 0.1) is 16.2 Å². The lowest BCUT2D eigenvalue weighted by molar-refractivity contribution is -0.125. The number of hydrogen-bond acceptors (Lipinski definition) is 6. The van der Waals surface area contributed by atoms with E-state index in [0.717, 1.165) is 16.7 Å². The second-order valence-corrected chi connectivity index (χ2v) is 10.5. The first-order valence-corrected chi connectivity index (χ1v) is 12.1. The van der Waals surface area contributed by atoms with Crippen LogP contribution in [0.4, 0.5) is 5.95 Å². The second kappa shape index (κ2) is 7.65. The average Bonchev–Trinajstić information content (AvgIpc) is 3.27. The molecule has 2 aromatic carbocycles. The van der Waals surface area contributed by atoms with Gasteiger partial charge in [-0.3, -0.25) is 10.1 Å². The van der Waals surface area contributed by atoms with E-state index in [1.807, 2.05) is 74.2 Å². The molecule has 6 rings (SSSR count). The average molecular weight is 508 g/mol. The molecule has 8 nitrogen and oxygen atoms in total. The van der Waals surface area contributed by atoms with Gasteiger partial charge in [0.15, 0.2) is 5.65 Å². The molecule has 2 aromatic heterocycles. The summed E-state index contributed by atoms with van der Waals surface area (Å²) in [7, 11) is 0. The van der Waals surface area contributed by atoms with Crippen molar-refractivity contribution in [3.8, 4) is 22.4 Å². The Kier molecular flexibility index (Phi) is 4.87. The summed E-state index contributed by atoms with van der Waals surface area (Å²) in [6.07, 6.45) is 0. The van der Waals surface area contributed by atoms with E-state index in [2.05, 4.69) is 10.6 Å². The van der Waals surface area contributed by atoms with Crippen molar-refractivity contribution in [2.75, 3.05) is 18.0 Å². The molecule has 0 aliphatic carbocycles. The molecule has 10 heteroatoms. The highest BCUT2D eigenvalue weighted by molar-refractivity contribution is 6.33. The third-order valence-corrected chi connectivity index (χ3v) is 7.10. The first kappa shape index (κ1) is 22.3. The molecule has 2 aliphatic heterocycles. The van der Waals surface area contributed by atoms with Gasteiger partial charge in [-0.05, 0) is 44.5 Å². The molecule has 2 aliphatic rings. The Hall–Kier alpha value is -3.20. The standard InChI is InChI=1S/C25H23Cl2N7O/c1-14-28-23(33-12-25(13-33)22(35)30-24(2,3)32-25)29-21-19(15-8-10-16(26)11-9-15)20(31-34(14)21)17-6-4-5-7-18(17)27/h4-11,32H,12-13H2,1-3H3,(H,30,35). The maximum absolute atomic E-state index is 12.6. The summed E-state index contributed by atoms with van der Waals surface area (Å²) >= 11 is 12.7. The van der Waals surface area contributed by atoms with Crippen LogP contribution in [0.3, 0.4) is 0 Å². The van der Waals surface area contributed by atoms with Crippen LogP contribution < -0.4 is 15.5 Å². The number of anilines is 1. The van der Waals surface area contributed by atoms with Crippen LogP contribution in [0, 0.1) is 6.92 Å². The number of hydrogen-bond donors (Lipinski definition) is 2. The topological polar surface area (TPSA) is 87.5 Å². The van der Waals surface area contributed by atoms with E-state index < -0.39 is 11.2 Å². The van der Waals surface area contributed by atoms with Crippen LogP contribution in [0.2, 0.25) is 10.0 Å². The Balaban J connectivity index is 1.49. The molecule has 35 heavy (non-hydrogen) atoms. The van der Waals surface area contributed by atoms with Crippen LogP contribution in [0.25, 0.3) is 28.0 Å². The number of nitrogens with one attached hydrogen (secondary N) is 2. The number of aryl methyl sites for hydroxylation is 1. The van der Waals surface area contributed by atoms with Gasteiger partial charge in [0.1, 0.15) is 17.1 Å². The van der Waals surface area contributed by atoms with Crippen molar-refractivity contribution in [2.45, 2.75) is 32.0 Å². The molecule has 0 bridgehead atoms. The maximum atomic E-state index is 12.6. The monoisotopic (exact) mass is 507 g/mol. The fourth-order valence-corrected chi connectivity index (χ4v) is 5.33. The molecular formula is C25H23Cl2N7O. The first-order valence-electron chi connectivity index (χ1n) is 11.3. The van der Waals surface area contributed by atoms with E-state index in [-0.39, 0.29) is 5.91 Å². The zero-order chi connectivity index (χ0) is 24.5. The number of carbonyl (C=O) groups is 1. The number of aromatic nitrogens is 4. The minimum atomic E-state index is -0.630. The molecule has 4 heterocycles. The maximum Gasteiger partial charge on any atom is 0.245 e. The predicted molar refractivity (Wildman–Crippen MR) is 137 cm³/mol. The number of amides is 1. The van der Waals surface area contributed by atoms with Crippen molar-refractivity contribution in [1.82, 2.24) is 30.2 Å². The quantitative estimate of drug-likeness (QED) is 0.434. The lowest BCUT2D eigenvalue weighted by atomic mass is 9.90. The van der Waals surface area contributed by atoms with Crippen molar-refractivity contribution in [3.63, 3.8) is 0 Å². The lowest BCUT2D eigenvalue weighted by Crippen LogP contribution is -2.72. The zero-order valence-electron chi connectivity index (χ0n) is 19.4. The van der Waals surface area contributed by atoms with Crippen molar-refractivity contribution in [1.29, 1.82) is 0 Å². The molecule has 0 radical (unpaired) electrons. The predicted octanol–water partition coefficient (Wildman–Crippen LogP) is 4.09. The van der Waals surface area contributed by atoms with Crippen LogP contribution in [0.5, 0.6) is 0 Å². The molecule has 0 atom stereocenters. The van der Waals surface area contributed by atoms with Gasteiger partial charge in [0.25, 0.3) is 0 Å². The number of nitrogens with zero attached hydrogens (tertiary/aromatic N) is 5. The molecule has 178 valence electrons. The molecule has 2 fully saturated rings. The summed E-state index contributed by atoms with van der Waals surface area (Å²) in [5.74, 6) is 1.24.